The van der Waals surface area contributed by atoms with E-state index in [2.05, 4.69) is 6.92 Å². The molecular weight excluding hydrogens is 268 g/mol. The van der Waals surface area contributed by atoms with E-state index in [4.69, 9.17) is 9.52 Å². The van der Waals surface area contributed by atoms with E-state index in [1.807, 2.05) is 6.92 Å². The van der Waals surface area contributed by atoms with Crippen LogP contribution in [0.25, 0.3) is 0 Å². The average molecular weight is 288 g/mol. The number of unbranched alkanes of at least 4 members (excludes halogenated alkanes) is 1. The second-order valence-corrected chi connectivity index (χ2v) is 6.59. The Hall–Kier alpha value is -1.30. The molecule has 5 nitrogen and oxygen atoms in total. The molecule has 1 aromatic heterocycles. The van der Waals surface area contributed by atoms with E-state index in [1.165, 1.54) is 12.1 Å². The number of carbonyl (C=O) groups is 1. The molecule has 0 aliphatic heterocycles. The molecule has 0 radical (unpaired) electrons. The van der Waals surface area contributed by atoms with Crippen LogP contribution in [-0.2, 0) is 9.84 Å². The van der Waals surface area contributed by atoms with Crippen LogP contribution in [0.15, 0.2) is 21.6 Å². The third-order valence-corrected chi connectivity index (χ3v) is 4.84. The molecule has 0 amide bonds. The van der Waals surface area contributed by atoms with E-state index < -0.39 is 15.8 Å². The van der Waals surface area contributed by atoms with Crippen LogP contribution in [0, 0.1) is 5.92 Å². The largest absolute Gasteiger partial charge is 0.475 e. The van der Waals surface area contributed by atoms with Gasteiger partial charge in [-0.2, -0.15) is 0 Å². The maximum Gasteiger partial charge on any atom is 0.371 e. The normalized spacial score (nSPS) is 13.4. The number of carboxylic acids is 1. The lowest BCUT2D eigenvalue weighted by Crippen LogP contribution is -2.15. The molecule has 1 heterocycles. The fraction of sp³-hybridized carbons (Fsp3) is 0.615. The van der Waals surface area contributed by atoms with E-state index >= 15 is 0 Å². The molecule has 0 saturated heterocycles. The summed E-state index contributed by atoms with van der Waals surface area (Å²) in [5.41, 5.74) is 0. The molecule has 0 aromatic carbocycles. The van der Waals surface area contributed by atoms with Crippen molar-refractivity contribution in [2.75, 3.05) is 5.75 Å². The van der Waals surface area contributed by atoms with Crippen molar-refractivity contribution < 1.29 is 22.7 Å². The van der Waals surface area contributed by atoms with Gasteiger partial charge in [0.1, 0.15) is 0 Å². The van der Waals surface area contributed by atoms with Crippen molar-refractivity contribution in [3.8, 4) is 0 Å². The highest BCUT2D eigenvalue weighted by atomic mass is 32.2. The number of carboxylic acid groups (broad SMARTS) is 1. The lowest BCUT2D eigenvalue weighted by atomic mass is 10.0. The van der Waals surface area contributed by atoms with Crippen LogP contribution in [0.3, 0.4) is 0 Å². The summed E-state index contributed by atoms with van der Waals surface area (Å²) in [6.07, 6.45) is 3.66. The number of furan rings is 1. The Morgan fingerprint density at radius 2 is 2.05 bits per heavy atom. The van der Waals surface area contributed by atoms with E-state index in [9.17, 15) is 13.2 Å². The first-order valence-corrected chi connectivity index (χ1v) is 8.11. The monoisotopic (exact) mass is 288 g/mol. The van der Waals surface area contributed by atoms with Gasteiger partial charge in [-0.05, 0) is 24.5 Å². The predicted molar refractivity (Wildman–Crippen MR) is 71.0 cm³/mol. The highest BCUT2D eigenvalue weighted by molar-refractivity contribution is 7.91. The van der Waals surface area contributed by atoms with E-state index in [0.717, 1.165) is 25.7 Å². The molecule has 0 saturated carbocycles. The van der Waals surface area contributed by atoms with Gasteiger partial charge in [0, 0.05) is 0 Å². The molecule has 0 fully saturated rings. The summed E-state index contributed by atoms with van der Waals surface area (Å²) in [4.78, 5) is 10.7. The van der Waals surface area contributed by atoms with Crippen LogP contribution in [0.1, 0.15) is 50.1 Å². The molecule has 6 heteroatoms. The second kappa shape index (κ2) is 6.75. The summed E-state index contributed by atoms with van der Waals surface area (Å²) in [7, 11) is -3.54. The first kappa shape index (κ1) is 15.8. The minimum Gasteiger partial charge on any atom is -0.475 e. The number of rotatable bonds is 8. The standard InChI is InChI=1S/C13H20O5S/c1-3-5-6-10(4-2)9-19(16,17)12-8-7-11(18-12)13(14)15/h7-8,10H,3-6,9H2,1-2H3,(H,14,15). The fourth-order valence-corrected chi connectivity index (χ4v) is 3.57. The number of sulfone groups is 1. The van der Waals surface area contributed by atoms with Gasteiger partial charge in [-0.25, -0.2) is 13.2 Å². The zero-order valence-corrected chi connectivity index (χ0v) is 12.1. The van der Waals surface area contributed by atoms with E-state index in [1.54, 1.807) is 0 Å². The van der Waals surface area contributed by atoms with Crippen LogP contribution >= 0.6 is 0 Å². The Kier molecular flexibility index (Phi) is 5.60. The molecule has 1 aromatic rings. The summed E-state index contributed by atoms with van der Waals surface area (Å²) in [5, 5.41) is 8.47. The molecule has 1 rings (SSSR count). The zero-order valence-electron chi connectivity index (χ0n) is 11.3. The zero-order chi connectivity index (χ0) is 14.5. The van der Waals surface area contributed by atoms with Crippen molar-refractivity contribution in [1.29, 1.82) is 0 Å². The predicted octanol–water partition coefficient (Wildman–Crippen LogP) is 2.97. The molecule has 1 N–H and O–H groups in total. The SMILES string of the molecule is CCCCC(CC)CS(=O)(=O)c1ccc(C(=O)O)o1. The Bertz CT molecular complexity index is 515. The number of hydrogen-bond donors (Lipinski definition) is 1. The quantitative estimate of drug-likeness (QED) is 0.795. The van der Waals surface area contributed by atoms with Crippen LogP contribution in [0.5, 0.6) is 0 Å². The van der Waals surface area contributed by atoms with Gasteiger partial charge in [0.15, 0.2) is 0 Å². The summed E-state index contributed by atoms with van der Waals surface area (Å²) < 4.78 is 29.1. The Labute approximate surface area is 113 Å². The van der Waals surface area contributed by atoms with Crippen LogP contribution in [0.2, 0.25) is 0 Å². The molecule has 0 spiro atoms. The van der Waals surface area contributed by atoms with Gasteiger partial charge in [-0.15, -0.1) is 0 Å². The maximum atomic E-state index is 12.1. The summed E-state index contributed by atoms with van der Waals surface area (Å²) in [6, 6.07) is 2.38. The summed E-state index contributed by atoms with van der Waals surface area (Å²) in [5.74, 6) is -1.52. The topological polar surface area (TPSA) is 84.6 Å². The van der Waals surface area contributed by atoms with Crippen molar-refractivity contribution in [2.24, 2.45) is 5.92 Å². The molecule has 0 aliphatic rings. The maximum absolute atomic E-state index is 12.1. The van der Waals surface area contributed by atoms with Crippen molar-refractivity contribution in [1.82, 2.24) is 0 Å². The molecule has 0 aliphatic carbocycles. The van der Waals surface area contributed by atoms with Crippen molar-refractivity contribution in [3.05, 3.63) is 17.9 Å². The summed E-state index contributed by atoms with van der Waals surface area (Å²) >= 11 is 0. The minimum atomic E-state index is -3.54. The number of aromatic carboxylic acids is 1. The third-order valence-electron chi connectivity index (χ3n) is 3.10. The first-order valence-electron chi connectivity index (χ1n) is 6.46. The lowest BCUT2D eigenvalue weighted by molar-refractivity contribution is 0.0656. The third kappa shape index (κ3) is 4.38. The van der Waals surface area contributed by atoms with Gasteiger partial charge in [0.2, 0.25) is 20.7 Å². The highest BCUT2D eigenvalue weighted by Crippen LogP contribution is 2.22. The number of hydrogen-bond acceptors (Lipinski definition) is 4. The molecular formula is C13H20O5S. The lowest BCUT2D eigenvalue weighted by Gasteiger charge is -2.13. The van der Waals surface area contributed by atoms with E-state index in [-0.39, 0.29) is 22.5 Å². The van der Waals surface area contributed by atoms with Crippen LogP contribution in [0.4, 0.5) is 0 Å². The summed E-state index contributed by atoms with van der Waals surface area (Å²) in [6.45, 7) is 4.02. The van der Waals surface area contributed by atoms with Gasteiger partial charge in [-0.3, -0.25) is 0 Å². The Morgan fingerprint density at radius 1 is 1.37 bits per heavy atom. The van der Waals surface area contributed by atoms with Gasteiger partial charge >= 0.3 is 5.97 Å². The van der Waals surface area contributed by atoms with Crippen molar-refractivity contribution in [2.45, 2.75) is 44.6 Å². The van der Waals surface area contributed by atoms with Crippen molar-refractivity contribution >= 4 is 15.8 Å². The molecule has 1 unspecified atom stereocenters. The van der Waals surface area contributed by atoms with Gasteiger partial charge in [0.05, 0.1) is 5.75 Å². The highest BCUT2D eigenvalue weighted by Gasteiger charge is 2.24. The Morgan fingerprint density at radius 3 is 2.53 bits per heavy atom. The molecule has 19 heavy (non-hydrogen) atoms. The van der Waals surface area contributed by atoms with Gasteiger partial charge in [0.25, 0.3) is 0 Å². The smallest absolute Gasteiger partial charge is 0.371 e. The average Bonchev–Trinajstić information content (AvgIpc) is 2.84. The Balaban J connectivity index is 2.81. The van der Waals surface area contributed by atoms with E-state index in [0.29, 0.717) is 0 Å². The molecule has 1 atom stereocenters. The molecule has 108 valence electrons. The fourth-order valence-electron chi connectivity index (χ4n) is 1.89. The molecule has 0 bridgehead atoms. The van der Waals surface area contributed by atoms with Gasteiger partial charge < -0.3 is 9.52 Å². The second-order valence-electron chi connectivity index (χ2n) is 4.62. The van der Waals surface area contributed by atoms with Crippen LogP contribution < -0.4 is 0 Å². The van der Waals surface area contributed by atoms with Crippen molar-refractivity contribution in [3.63, 3.8) is 0 Å². The minimum absolute atomic E-state index is 0.00999. The first-order chi connectivity index (χ1) is 8.90. The van der Waals surface area contributed by atoms with Crippen LogP contribution in [-0.4, -0.2) is 25.2 Å². The van der Waals surface area contributed by atoms with Gasteiger partial charge in [-0.1, -0.05) is 33.1 Å².